The van der Waals surface area contributed by atoms with Gasteiger partial charge in [-0.1, -0.05) is 15.9 Å². The molecule has 0 radical (unpaired) electrons. The van der Waals surface area contributed by atoms with Crippen molar-refractivity contribution in [2.45, 2.75) is 18.2 Å². The summed E-state index contributed by atoms with van der Waals surface area (Å²) in [6.45, 7) is 2.01. The Morgan fingerprint density at radius 3 is 2.65 bits per heavy atom. The molecule has 6 nitrogen and oxygen atoms in total. The fourth-order valence-corrected chi connectivity index (χ4v) is 3.17. The molecule has 0 saturated carbocycles. The van der Waals surface area contributed by atoms with E-state index in [9.17, 15) is 13.2 Å². The topological polar surface area (TPSA) is 89.7 Å². The monoisotopic (exact) mass is 364 g/mol. The van der Waals surface area contributed by atoms with Gasteiger partial charge in [-0.2, -0.15) is 0 Å². The largest absolute Gasteiger partial charge is 0.466 e. The molecular formula is C12H17BrN2O4S. The van der Waals surface area contributed by atoms with Crippen molar-refractivity contribution in [3.8, 4) is 0 Å². The molecule has 0 saturated heterocycles. The number of halogens is 1. The average Bonchev–Trinajstić information content (AvgIpc) is 2.35. The highest BCUT2D eigenvalue weighted by Gasteiger charge is 2.23. The number of ether oxygens (including phenoxy) is 1. The highest BCUT2D eigenvalue weighted by atomic mass is 79.9. The zero-order valence-electron chi connectivity index (χ0n) is 11.3. The minimum absolute atomic E-state index is 0.00000276. The minimum atomic E-state index is -3.72. The van der Waals surface area contributed by atoms with Gasteiger partial charge >= 0.3 is 5.97 Å². The Hall–Kier alpha value is -1.12. The van der Waals surface area contributed by atoms with Crippen molar-refractivity contribution in [3.05, 3.63) is 22.7 Å². The number of carbonyl (C=O) groups excluding carboxylic acids is 1. The number of rotatable bonds is 6. The van der Waals surface area contributed by atoms with Gasteiger partial charge < -0.3 is 10.5 Å². The van der Waals surface area contributed by atoms with Gasteiger partial charge in [0.2, 0.25) is 10.0 Å². The second kappa shape index (κ2) is 7.05. The van der Waals surface area contributed by atoms with E-state index in [0.29, 0.717) is 4.47 Å². The van der Waals surface area contributed by atoms with E-state index in [-0.39, 0.29) is 30.2 Å². The van der Waals surface area contributed by atoms with Crippen LogP contribution in [-0.2, 0) is 19.6 Å². The summed E-state index contributed by atoms with van der Waals surface area (Å²) in [5, 5.41) is 0. The summed E-state index contributed by atoms with van der Waals surface area (Å²) in [4.78, 5) is 11.3. The number of carbonyl (C=O) groups is 1. The van der Waals surface area contributed by atoms with E-state index in [1.165, 1.54) is 19.2 Å². The van der Waals surface area contributed by atoms with Crippen LogP contribution in [0.5, 0.6) is 0 Å². The molecule has 0 bridgehead atoms. The molecule has 0 aromatic heterocycles. The normalized spacial score (nSPS) is 11.6. The molecule has 0 heterocycles. The van der Waals surface area contributed by atoms with Gasteiger partial charge in [-0.3, -0.25) is 4.79 Å². The van der Waals surface area contributed by atoms with Crippen LogP contribution in [0.15, 0.2) is 27.6 Å². The standard InChI is InChI=1S/C12H17BrN2O4S/c1-3-19-12(16)6-7-15(2)20(17,18)11-5-4-9(13)8-10(11)14/h4-5,8H,3,6-7,14H2,1-2H3. The van der Waals surface area contributed by atoms with E-state index in [0.717, 1.165) is 4.31 Å². The van der Waals surface area contributed by atoms with Gasteiger partial charge in [-0.05, 0) is 25.1 Å². The summed E-state index contributed by atoms with van der Waals surface area (Å²) in [6, 6.07) is 4.55. The third-order valence-corrected chi connectivity index (χ3v) is 5.02. The zero-order chi connectivity index (χ0) is 15.3. The van der Waals surface area contributed by atoms with Crippen molar-refractivity contribution < 1.29 is 17.9 Å². The first-order chi connectivity index (χ1) is 9.28. The fourth-order valence-electron chi connectivity index (χ4n) is 1.52. The first-order valence-electron chi connectivity index (χ1n) is 5.96. The van der Waals surface area contributed by atoms with Crippen LogP contribution in [0.25, 0.3) is 0 Å². The SMILES string of the molecule is CCOC(=O)CCN(C)S(=O)(=O)c1ccc(Br)cc1N. The van der Waals surface area contributed by atoms with Crippen LogP contribution in [0.3, 0.4) is 0 Å². The van der Waals surface area contributed by atoms with Crippen LogP contribution in [-0.4, -0.2) is 38.9 Å². The summed E-state index contributed by atoms with van der Waals surface area (Å²) in [6.07, 6.45) is 0.00000276. The zero-order valence-corrected chi connectivity index (χ0v) is 13.7. The van der Waals surface area contributed by atoms with Gasteiger partial charge in [-0.15, -0.1) is 0 Å². The summed E-state index contributed by atoms with van der Waals surface area (Å²) >= 11 is 3.22. The van der Waals surface area contributed by atoms with E-state index >= 15 is 0 Å². The van der Waals surface area contributed by atoms with Crippen LogP contribution in [0.2, 0.25) is 0 Å². The molecule has 0 aliphatic carbocycles. The molecule has 0 aliphatic heterocycles. The third-order valence-electron chi connectivity index (χ3n) is 2.60. The number of hydrogen-bond donors (Lipinski definition) is 1. The number of nitrogens with zero attached hydrogens (tertiary/aromatic N) is 1. The Bertz CT molecular complexity index is 589. The predicted molar refractivity (Wildman–Crippen MR) is 79.6 cm³/mol. The maximum atomic E-state index is 12.3. The molecule has 112 valence electrons. The summed E-state index contributed by atoms with van der Waals surface area (Å²) < 4.78 is 31.2. The summed E-state index contributed by atoms with van der Waals surface area (Å²) in [5.74, 6) is -0.432. The van der Waals surface area contributed by atoms with Crippen LogP contribution in [0, 0.1) is 0 Å². The minimum Gasteiger partial charge on any atom is -0.466 e. The Morgan fingerprint density at radius 2 is 2.10 bits per heavy atom. The number of nitrogens with two attached hydrogens (primary N) is 1. The van der Waals surface area contributed by atoms with Gasteiger partial charge in [0.25, 0.3) is 0 Å². The third kappa shape index (κ3) is 4.19. The van der Waals surface area contributed by atoms with E-state index in [1.54, 1.807) is 13.0 Å². The molecular weight excluding hydrogens is 348 g/mol. The number of anilines is 1. The second-order valence-corrected chi connectivity index (χ2v) is 6.99. The molecule has 0 fully saturated rings. The first-order valence-corrected chi connectivity index (χ1v) is 8.19. The number of esters is 1. The average molecular weight is 365 g/mol. The Morgan fingerprint density at radius 1 is 1.45 bits per heavy atom. The van der Waals surface area contributed by atoms with E-state index in [4.69, 9.17) is 10.5 Å². The van der Waals surface area contributed by atoms with Crippen molar-refractivity contribution in [1.29, 1.82) is 0 Å². The molecule has 0 aliphatic rings. The lowest BCUT2D eigenvalue weighted by Gasteiger charge is -2.18. The molecule has 1 aromatic rings. The number of benzene rings is 1. The predicted octanol–water partition coefficient (Wildman–Crippen LogP) is 1.60. The lowest BCUT2D eigenvalue weighted by Crippen LogP contribution is -2.30. The van der Waals surface area contributed by atoms with E-state index in [1.807, 2.05) is 0 Å². The van der Waals surface area contributed by atoms with Gasteiger partial charge in [-0.25, -0.2) is 12.7 Å². The Balaban J connectivity index is 2.85. The van der Waals surface area contributed by atoms with Gasteiger partial charge in [0, 0.05) is 18.1 Å². The molecule has 0 unspecified atom stereocenters. The van der Waals surface area contributed by atoms with Crippen LogP contribution >= 0.6 is 15.9 Å². The molecule has 0 atom stereocenters. The fraction of sp³-hybridized carbons (Fsp3) is 0.417. The molecule has 0 amide bonds. The van der Waals surface area contributed by atoms with Crippen molar-refractivity contribution >= 4 is 37.6 Å². The van der Waals surface area contributed by atoms with Crippen molar-refractivity contribution in [2.75, 3.05) is 25.9 Å². The number of nitrogen functional groups attached to an aromatic ring is 1. The highest BCUT2D eigenvalue weighted by Crippen LogP contribution is 2.25. The molecule has 8 heteroatoms. The van der Waals surface area contributed by atoms with E-state index in [2.05, 4.69) is 15.9 Å². The molecule has 1 rings (SSSR count). The quantitative estimate of drug-likeness (QED) is 0.611. The smallest absolute Gasteiger partial charge is 0.307 e. The maximum Gasteiger partial charge on any atom is 0.307 e. The van der Waals surface area contributed by atoms with Crippen LogP contribution in [0.4, 0.5) is 5.69 Å². The molecule has 1 aromatic carbocycles. The number of sulfonamides is 1. The van der Waals surface area contributed by atoms with Crippen molar-refractivity contribution in [2.24, 2.45) is 0 Å². The van der Waals surface area contributed by atoms with Crippen LogP contribution < -0.4 is 5.73 Å². The molecule has 2 N–H and O–H groups in total. The Kier molecular flexibility index (Phi) is 5.97. The number of hydrogen-bond acceptors (Lipinski definition) is 5. The Labute approximate surface area is 127 Å². The first kappa shape index (κ1) is 16.9. The van der Waals surface area contributed by atoms with Crippen LogP contribution in [0.1, 0.15) is 13.3 Å². The molecule has 0 spiro atoms. The van der Waals surface area contributed by atoms with Gasteiger partial charge in [0.1, 0.15) is 4.90 Å². The molecule has 20 heavy (non-hydrogen) atoms. The van der Waals surface area contributed by atoms with Gasteiger partial charge in [0.15, 0.2) is 0 Å². The van der Waals surface area contributed by atoms with Gasteiger partial charge in [0.05, 0.1) is 18.7 Å². The van der Waals surface area contributed by atoms with Crippen molar-refractivity contribution in [3.63, 3.8) is 0 Å². The lowest BCUT2D eigenvalue weighted by atomic mass is 10.3. The summed E-state index contributed by atoms with van der Waals surface area (Å²) in [5.41, 5.74) is 5.88. The van der Waals surface area contributed by atoms with Crippen molar-refractivity contribution in [1.82, 2.24) is 4.31 Å². The maximum absolute atomic E-state index is 12.3. The summed E-state index contributed by atoms with van der Waals surface area (Å²) in [7, 11) is -2.32. The highest BCUT2D eigenvalue weighted by molar-refractivity contribution is 9.10. The van der Waals surface area contributed by atoms with E-state index < -0.39 is 16.0 Å². The second-order valence-electron chi connectivity index (χ2n) is 4.06. The lowest BCUT2D eigenvalue weighted by molar-refractivity contribution is -0.143.